The lowest BCUT2D eigenvalue weighted by atomic mass is 9.68. The highest BCUT2D eigenvalue weighted by Gasteiger charge is 2.65. The van der Waals surface area contributed by atoms with Crippen molar-refractivity contribution >= 4 is 47.3 Å². The highest BCUT2D eigenvalue weighted by molar-refractivity contribution is 6.08. The number of unbranched alkanes of at least 4 members (excludes halogenated alkanes) is 2. The number of aliphatic hydroxyl groups is 1. The number of nitrogens with zero attached hydrogens (tertiary/aromatic N) is 8. The molecule has 626 valence electrons. The predicted octanol–water partition coefficient (Wildman–Crippen LogP) is 14.7. The molecule has 26 heteroatoms. The van der Waals surface area contributed by atoms with Crippen molar-refractivity contribution in [2.24, 2.45) is 70.0 Å². The average molecular weight is 1580 g/mol. The first kappa shape index (κ1) is 89.5. The fourth-order valence-corrected chi connectivity index (χ4v) is 19.5. The van der Waals surface area contributed by atoms with E-state index in [1.54, 1.807) is 74.9 Å². The van der Waals surface area contributed by atoms with Crippen LogP contribution in [0.1, 0.15) is 222 Å². The number of alkyl halides is 1. The summed E-state index contributed by atoms with van der Waals surface area (Å²) in [5.74, 6) is -8.81. The van der Waals surface area contributed by atoms with Crippen LogP contribution in [0, 0.1) is 70.0 Å². The number of pyridine rings is 2. The second kappa shape index (κ2) is 37.3. The van der Waals surface area contributed by atoms with Crippen LogP contribution in [0.2, 0.25) is 0 Å². The summed E-state index contributed by atoms with van der Waals surface area (Å²) in [6.07, 6.45) is 12.3. The maximum atomic E-state index is 16.8. The van der Waals surface area contributed by atoms with Crippen molar-refractivity contribution < 1.29 is 85.7 Å². The number of esters is 2. The van der Waals surface area contributed by atoms with E-state index < -0.39 is 154 Å². The van der Waals surface area contributed by atoms with Crippen LogP contribution in [0.4, 0.5) is 14.0 Å². The van der Waals surface area contributed by atoms with E-state index in [1.807, 2.05) is 136 Å². The SMILES string of the molecule is CC[C@H]1OC(=O)[C@@](C)(F)C(=O)[C@H](C)[C@@H](OC2O[C@H](C)C[C@H](C)[C@H]2O)C(C)(C)C[C@@H](C)C(=O)[C@H](C)[C@H]2N(CCCCn3cnc(-c4cccnc4)c3)C(=O)O[C@]12CC.CC[C@H]1OC(=O)[C@H](C)C(=O)[C@H](C)[C@@H](OC2O[C@H](C)C[C@H](C)[C@H]2C)C(C)(C)C[C@@H](C)C(=O)[C@H](C)[C@H]2N(CCCCn3cnc(-c4cccnc4)c3)C(=O)O[C@]12CC. The van der Waals surface area contributed by atoms with Crippen molar-refractivity contribution in [1.82, 2.24) is 38.9 Å². The van der Waals surface area contributed by atoms with E-state index in [0.717, 1.165) is 42.3 Å². The lowest BCUT2D eigenvalue weighted by molar-refractivity contribution is -0.284. The van der Waals surface area contributed by atoms with Crippen molar-refractivity contribution in [2.45, 2.75) is 320 Å². The number of Topliss-reactive ketones (excluding diaryl/α,β-unsaturated/α-hetero) is 4. The Morgan fingerprint density at radius 2 is 0.965 bits per heavy atom. The molecule has 113 heavy (non-hydrogen) atoms. The van der Waals surface area contributed by atoms with Gasteiger partial charge < -0.3 is 61.9 Å². The van der Waals surface area contributed by atoms with Crippen LogP contribution in [0.25, 0.3) is 22.5 Å². The minimum Gasteiger partial charge on any atom is -0.457 e. The minimum absolute atomic E-state index is 0.00524. The molecule has 1 N–H and O–H groups in total. The van der Waals surface area contributed by atoms with Gasteiger partial charge in [-0.05, 0) is 152 Å². The molecule has 0 spiro atoms. The van der Waals surface area contributed by atoms with E-state index in [1.165, 1.54) is 6.92 Å². The maximum Gasteiger partial charge on any atom is 0.410 e. The molecule has 6 aliphatic rings. The van der Waals surface area contributed by atoms with Crippen LogP contribution < -0.4 is 0 Å². The zero-order valence-electron chi connectivity index (χ0n) is 70.8. The van der Waals surface area contributed by atoms with Crippen LogP contribution in [-0.4, -0.2) is 189 Å². The number of ether oxygens (including phenoxy) is 8. The molecule has 6 saturated heterocycles. The number of aromatic nitrogens is 6. The Balaban J connectivity index is 0.000000259. The van der Waals surface area contributed by atoms with Crippen LogP contribution in [-0.2, 0) is 79.8 Å². The molecule has 0 aromatic carbocycles. The zero-order valence-corrected chi connectivity index (χ0v) is 70.8. The van der Waals surface area contributed by atoms with Crippen LogP contribution in [0.5, 0.6) is 0 Å². The molecular weight excluding hydrogens is 1450 g/mol. The van der Waals surface area contributed by atoms with Gasteiger partial charge in [0.1, 0.15) is 35.8 Å². The van der Waals surface area contributed by atoms with Crippen LogP contribution in [0.3, 0.4) is 0 Å². The smallest absolute Gasteiger partial charge is 0.410 e. The molecule has 0 radical (unpaired) electrons. The van der Waals surface area contributed by atoms with E-state index in [4.69, 9.17) is 37.9 Å². The molecule has 2 amide bonds. The number of carbonyl (C=O) groups is 8. The van der Waals surface area contributed by atoms with Crippen molar-refractivity contribution in [2.75, 3.05) is 13.1 Å². The first-order valence-corrected chi connectivity index (χ1v) is 41.6. The number of hydrogen-bond acceptors (Lipinski definition) is 21. The molecule has 25 nitrogen and oxygen atoms in total. The molecule has 6 fully saturated rings. The molecule has 6 aliphatic heterocycles. The van der Waals surface area contributed by atoms with E-state index in [2.05, 4.69) is 33.8 Å². The lowest BCUT2D eigenvalue weighted by Gasteiger charge is -2.46. The average Bonchev–Trinajstić information content (AvgIpc) is 1.68. The number of imidazole rings is 2. The summed E-state index contributed by atoms with van der Waals surface area (Å²) in [5.41, 5.74) is -4.08. The number of aryl methyl sites for hydroxylation is 2. The Labute approximate surface area is 668 Å². The third-order valence-corrected chi connectivity index (χ3v) is 25.8. The number of carbonyl (C=O) groups excluding carboxylic acids is 8. The third-order valence-electron chi connectivity index (χ3n) is 25.8. The Kier molecular flexibility index (Phi) is 29.5. The number of hydrogen-bond donors (Lipinski definition) is 1. The normalized spacial score (nSPS) is 36.2. The van der Waals surface area contributed by atoms with E-state index in [-0.39, 0.29) is 67.2 Å². The molecule has 4 aromatic rings. The molecule has 0 aliphatic carbocycles. The van der Waals surface area contributed by atoms with Crippen molar-refractivity contribution in [3.8, 4) is 22.5 Å². The monoisotopic (exact) mass is 1580 g/mol. The van der Waals surface area contributed by atoms with Gasteiger partial charge in [0.05, 0.1) is 60.5 Å². The fraction of sp³-hybridized carbons (Fsp3) is 0.724. The fourth-order valence-electron chi connectivity index (χ4n) is 19.5. The third kappa shape index (κ3) is 19.3. The molecular formula is C87H129FN8O17. The van der Waals surface area contributed by atoms with Crippen LogP contribution >= 0.6 is 0 Å². The molecule has 0 saturated carbocycles. The van der Waals surface area contributed by atoms with Crippen molar-refractivity contribution in [3.63, 3.8) is 0 Å². The molecule has 24 atom stereocenters. The number of fused-ring (bicyclic) bond motifs is 2. The molecule has 10 heterocycles. The summed E-state index contributed by atoms with van der Waals surface area (Å²) in [6, 6.07) is 6.08. The number of cyclic esters (lactones) is 2. The van der Waals surface area contributed by atoms with Gasteiger partial charge in [-0.1, -0.05) is 118 Å². The van der Waals surface area contributed by atoms with Gasteiger partial charge in [0.25, 0.3) is 5.67 Å². The second-order valence-electron chi connectivity index (χ2n) is 35.3. The standard InChI is InChI=1S/C44H66N4O8.C43H63FN4O9/c1-12-35-44(13-2)38(48(42(52)56-44)20-15-14-19-47-24-34(46-25-47)33-17-16-18-45-23-33)30(7)36(49)27(4)22-43(10,11)39(31(8)37(50)32(9)40(51)54-35)55-41-29(6)26(3)21-28(5)53-41;1-11-32-43(12-2)35(48(40(53)57-43)19-14-13-18-47-23-31(46-24-47)30-16-15-17-45-22-30)28(6)33(49)26(4)21-41(8,9)37(29(7)36(51)42(10,44)39(52)55-32)56-38-34(50)25(3)20-27(5)54-38/h16-18,23-32,35,38-39,41H,12-15,19-22H2,1-11H3;15-17,22-29,32,34-35,37-38,50H,11-14,18-21H2,1-10H3/t26-,27+,28+,29+,30-,31-,32+,35+,38+,39+,41?,44+;25-,26+,27+,28-,29-,32+,34+,35+,37+,38?,42-,43+/m00/s1. The Hall–Kier alpha value is -7.39. The number of amides is 2. The topological polar surface area (TPSA) is 299 Å². The summed E-state index contributed by atoms with van der Waals surface area (Å²) in [5, 5.41) is 11.1. The predicted molar refractivity (Wildman–Crippen MR) is 421 cm³/mol. The maximum absolute atomic E-state index is 16.8. The molecule has 2 unspecified atom stereocenters. The first-order valence-electron chi connectivity index (χ1n) is 41.6. The zero-order chi connectivity index (χ0) is 83.1. The quantitative estimate of drug-likeness (QED) is 0.0372. The van der Waals surface area contributed by atoms with Gasteiger partial charge in [-0.2, -0.15) is 0 Å². The molecule has 10 rings (SSSR count). The highest BCUT2D eigenvalue weighted by Crippen LogP contribution is 2.50. The summed E-state index contributed by atoms with van der Waals surface area (Å²) in [7, 11) is 0. The van der Waals surface area contributed by atoms with E-state index in [0.29, 0.717) is 70.5 Å². The number of aliphatic hydroxyl groups excluding tert-OH is 1. The number of rotatable bonds is 20. The van der Waals surface area contributed by atoms with E-state index in [9.17, 15) is 43.5 Å². The van der Waals surface area contributed by atoms with Gasteiger partial charge in [0.2, 0.25) is 0 Å². The Bertz CT molecular complexity index is 3910. The van der Waals surface area contributed by atoms with Gasteiger partial charge in [-0.25, -0.2) is 28.7 Å². The van der Waals surface area contributed by atoms with Gasteiger partial charge in [-0.15, -0.1) is 0 Å². The lowest BCUT2D eigenvalue weighted by Crippen LogP contribution is -2.60. The Morgan fingerprint density at radius 3 is 1.41 bits per heavy atom. The van der Waals surface area contributed by atoms with E-state index >= 15 is 4.39 Å². The second-order valence-corrected chi connectivity index (χ2v) is 35.3. The molecule has 4 aromatic heterocycles. The summed E-state index contributed by atoms with van der Waals surface area (Å²) >= 11 is 0. The van der Waals surface area contributed by atoms with Gasteiger partial charge in [0, 0.05) is 116 Å². The van der Waals surface area contributed by atoms with Gasteiger partial charge in [-0.3, -0.25) is 33.9 Å². The summed E-state index contributed by atoms with van der Waals surface area (Å²) in [4.78, 5) is 134. The van der Waals surface area contributed by atoms with Gasteiger partial charge in [0.15, 0.2) is 35.3 Å². The molecule has 0 bridgehead atoms. The highest BCUT2D eigenvalue weighted by atomic mass is 19.1. The summed E-state index contributed by atoms with van der Waals surface area (Å²) < 4.78 is 71.2. The van der Waals surface area contributed by atoms with Crippen LogP contribution in [0.15, 0.2) is 74.1 Å². The van der Waals surface area contributed by atoms with Crippen molar-refractivity contribution in [1.29, 1.82) is 0 Å². The summed E-state index contributed by atoms with van der Waals surface area (Å²) in [6.45, 7) is 40.2. The van der Waals surface area contributed by atoms with Crippen molar-refractivity contribution in [3.05, 3.63) is 74.1 Å². The number of ketones is 4. The Morgan fingerprint density at radius 1 is 0.540 bits per heavy atom. The van der Waals surface area contributed by atoms with Gasteiger partial charge >= 0.3 is 24.1 Å². The minimum atomic E-state index is -3.11. The first-order chi connectivity index (χ1) is 53.2. The number of halogens is 1. The largest absolute Gasteiger partial charge is 0.457 e.